The molecule has 3 heterocycles. The quantitative estimate of drug-likeness (QED) is 0.311. The Morgan fingerprint density at radius 1 is 1.03 bits per heavy atom. The van der Waals surface area contributed by atoms with Crippen LogP contribution in [0.15, 0.2) is 66.3 Å². The van der Waals surface area contributed by atoms with Crippen LogP contribution >= 0.6 is 11.3 Å². The first-order chi connectivity index (χ1) is 16.5. The summed E-state index contributed by atoms with van der Waals surface area (Å²) in [7, 11) is 1.51. The molecule has 0 spiro atoms. The molecule has 0 aliphatic rings. The Hall–Kier alpha value is -4.71. The molecule has 4 N–H and O–H groups in total. The van der Waals surface area contributed by atoms with E-state index in [0.29, 0.717) is 27.4 Å². The normalized spacial score (nSPS) is 10.4. The van der Waals surface area contributed by atoms with E-state index in [9.17, 15) is 19.5 Å². The van der Waals surface area contributed by atoms with Gasteiger partial charge in [0, 0.05) is 23.5 Å². The van der Waals surface area contributed by atoms with Gasteiger partial charge in [0.05, 0.1) is 12.0 Å². The van der Waals surface area contributed by atoms with Crippen LogP contribution in [0.1, 0.15) is 20.8 Å². The maximum atomic E-state index is 13.3. The van der Waals surface area contributed by atoms with Gasteiger partial charge in [0.2, 0.25) is 0 Å². The minimum Gasteiger partial charge on any atom is -0.497 e. The molecule has 0 unspecified atom stereocenters. The molecule has 0 bridgehead atoms. The number of pyridine rings is 1. The lowest BCUT2D eigenvalue weighted by molar-refractivity contribution is 0.0841. The van der Waals surface area contributed by atoms with Crippen molar-refractivity contribution in [2.45, 2.75) is 0 Å². The Balaban J connectivity index is 1.79. The number of aromatic nitrogens is 3. The third kappa shape index (κ3) is 4.71. The number of nitrogens with zero attached hydrogens (tertiary/aromatic N) is 3. The molecule has 0 saturated carbocycles. The van der Waals surface area contributed by atoms with Crippen molar-refractivity contribution in [3.8, 4) is 27.4 Å². The fourth-order valence-corrected chi connectivity index (χ4v) is 3.90. The van der Waals surface area contributed by atoms with Crippen LogP contribution in [0.2, 0.25) is 0 Å². The summed E-state index contributed by atoms with van der Waals surface area (Å²) >= 11 is 1.37. The molecule has 1 aromatic carbocycles. The molecule has 0 radical (unpaired) electrons. The van der Waals surface area contributed by atoms with E-state index < -0.39 is 17.9 Å². The second-order valence-electron chi connectivity index (χ2n) is 6.75. The fourth-order valence-electron chi connectivity index (χ4n) is 3.19. The minimum atomic E-state index is -1.42. The summed E-state index contributed by atoms with van der Waals surface area (Å²) in [5.41, 5.74) is 8.19. The Morgan fingerprint density at radius 3 is 2.47 bits per heavy atom. The zero-order valence-corrected chi connectivity index (χ0v) is 18.5. The van der Waals surface area contributed by atoms with E-state index in [1.807, 2.05) is 11.4 Å². The molecule has 4 aromatic rings. The molecule has 172 valence electrons. The molecule has 0 aliphatic carbocycles. The fraction of sp³-hybridized carbons (Fsp3) is 0.0455. The van der Waals surface area contributed by atoms with Gasteiger partial charge in [0.1, 0.15) is 11.4 Å². The topological polar surface area (TPSA) is 147 Å². The second kappa shape index (κ2) is 9.83. The summed E-state index contributed by atoms with van der Waals surface area (Å²) in [4.78, 5) is 42.5. The number of methoxy groups -OCH3 is 1. The zero-order chi connectivity index (χ0) is 24.1. The number of carboxylic acid groups (broad SMARTS) is 1. The predicted octanol–water partition coefficient (Wildman–Crippen LogP) is 2.98. The number of hydrogen-bond donors (Lipinski definition) is 4. The Labute approximate surface area is 197 Å². The molecule has 0 atom stereocenters. The third-order valence-corrected chi connectivity index (χ3v) is 5.52. The van der Waals surface area contributed by atoms with Crippen molar-refractivity contribution in [1.82, 2.24) is 25.7 Å². The van der Waals surface area contributed by atoms with E-state index in [4.69, 9.17) is 4.74 Å². The number of carbonyl (C=O) groups excluding carboxylic acids is 2. The maximum Gasteiger partial charge on any atom is 0.425 e. The monoisotopic (exact) mass is 478 g/mol. The largest absolute Gasteiger partial charge is 0.497 e. The zero-order valence-electron chi connectivity index (χ0n) is 17.7. The summed E-state index contributed by atoms with van der Waals surface area (Å²) in [5.74, 6) is -0.829. The van der Waals surface area contributed by atoms with Crippen molar-refractivity contribution in [3.63, 3.8) is 0 Å². The summed E-state index contributed by atoms with van der Waals surface area (Å²) in [5, 5.41) is 15.5. The predicted molar refractivity (Wildman–Crippen MR) is 124 cm³/mol. The smallest absolute Gasteiger partial charge is 0.425 e. The van der Waals surface area contributed by atoms with Crippen LogP contribution in [0.25, 0.3) is 21.7 Å². The van der Waals surface area contributed by atoms with Gasteiger partial charge in [0.15, 0.2) is 5.69 Å². The molecular formula is C22H18N6O5S. The van der Waals surface area contributed by atoms with E-state index in [1.165, 1.54) is 43.0 Å². The lowest BCUT2D eigenvalue weighted by Crippen LogP contribution is -2.43. The highest BCUT2D eigenvalue weighted by Crippen LogP contribution is 2.37. The Morgan fingerprint density at radius 2 is 1.79 bits per heavy atom. The van der Waals surface area contributed by atoms with Gasteiger partial charge in [0.25, 0.3) is 11.8 Å². The number of thiophene rings is 1. The van der Waals surface area contributed by atoms with Crippen LogP contribution in [0, 0.1) is 0 Å². The third-order valence-electron chi connectivity index (χ3n) is 4.65. The van der Waals surface area contributed by atoms with Gasteiger partial charge in [-0.2, -0.15) is 4.79 Å². The summed E-state index contributed by atoms with van der Waals surface area (Å²) < 4.78 is 5.31. The number of carbonyl (C=O) groups is 3. The van der Waals surface area contributed by atoms with Crippen molar-refractivity contribution in [3.05, 3.63) is 77.6 Å². The molecule has 0 fully saturated rings. The lowest BCUT2D eigenvalue weighted by atomic mass is 10.0. The van der Waals surface area contributed by atoms with E-state index in [-0.39, 0.29) is 11.3 Å². The van der Waals surface area contributed by atoms with Crippen molar-refractivity contribution in [1.29, 1.82) is 0 Å². The van der Waals surface area contributed by atoms with Gasteiger partial charge < -0.3 is 9.84 Å². The van der Waals surface area contributed by atoms with Crippen LogP contribution < -0.4 is 21.0 Å². The van der Waals surface area contributed by atoms with Crippen molar-refractivity contribution in [2.24, 2.45) is 0 Å². The van der Waals surface area contributed by atoms with E-state index in [0.717, 1.165) is 4.79 Å². The van der Waals surface area contributed by atoms with Crippen LogP contribution in [0.4, 0.5) is 4.79 Å². The van der Waals surface area contributed by atoms with Crippen molar-refractivity contribution >= 4 is 29.2 Å². The molecule has 3 amide bonds. The number of rotatable bonds is 6. The SMILES string of the molecule is COc1cccc(-c2c(-c3cccs3)nn(NC(=O)O)c2C(=O)NNC(=O)c2ccncc2)c1. The molecule has 0 aliphatic heterocycles. The summed E-state index contributed by atoms with van der Waals surface area (Å²) in [6, 6.07) is 13.5. The van der Waals surface area contributed by atoms with Crippen LogP contribution in [-0.4, -0.2) is 45.0 Å². The molecular weight excluding hydrogens is 460 g/mol. The first-order valence-corrected chi connectivity index (χ1v) is 10.7. The molecule has 34 heavy (non-hydrogen) atoms. The number of hydrogen-bond acceptors (Lipinski definition) is 7. The summed E-state index contributed by atoms with van der Waals surface area (Å²) in [6.45, 7) is 0. The van der Waals surface area contributed by atoms with E-state index >= 15 is 0 Å². The first kappa shape index (κ1) is 22.5. The maximum absolute atomic E-state index is 13.3. The number of amides is 3. The van der Waals surface area contributed by atoms with E-state index in [1.54, 1.807) is 30.3 Å². The average Bonchev–Trinajstić information content (AvgIpc) is 3.51. The summed E-state index contributed by atoms with van der Waals surface area (Å²) in [6.07, 6.45) is 1.46. The number of hydrazine groups is 1. The first-order valence-electron chi connectivity index (χ1n) is 9.80. The number of benzene rings is 1. The number of nitrogens with one attached hydrogen (secondary N) is 3. The molecule has 0 saturated heterocycles. The van der Waals surface area contributed by atoms with Crippen molar-refractivity contribution < 1.29 is 24.2 Å². The Kier molecular flexibility index (Phi) is 6.50. The van der Waals surface area contributed by atoms with E-state index in [2.05, 4.69) is 26.4 Å². The van der Waals surface area contributed by atoms with Gasteiger partial charge >= 0.3 is 6.09 Å². The lowest BCUT2D eigenvalue weighted by Gasteiger charge is -2.11. The highest BCUT2D eigenvalue weighted by Gasteiger charge is 2.28. The van der Waals surface area contributed by atoms with Gasteiger partial charge in [-0.05, 0) is 41.3 Å². The highest BCUT2D eigenvalue weighted by atomic mass is 32.1. The molecule has 11 nitrogen and oxygen atoms in total. The van der Waals surface area contributed by atoms with Crippen LogP contribution in [0.5, 0.6) is 5.75 Å². The Bertz CT molecular complexity index is 1340. The van der Waals surface area contributed by atoms with Crippen LogP contribution in [0.3, 0.4) is 0 Å². The van der Waals surface area contributed by atoms with Gasteiger partial charge in [-0.1, -0.05) is 18.2 Å². The number of ether oxygens (including phenoxy) is 1. The van der Waals surface area contributed by atoms with Gasteiger partial charge in [-0.25, -0.2) is 10.2 Å². The second-order valence-corrected chi connectivity index (χ2v) is 7.70. The molecule has 12 heteroatoms. The average molecular weight is 478 g/mol. The minimum absolute atomic E-state index is 0.130. The molecule has 4 rings (SSSR count). The van der Waals surface area contributed by atoms with Crippen molar-refractivity contribution in [2.75, 3.05) is 12.5 Å². The van der Waals surface area contributed by atoms with Gasteiger partial charge in [-0.3, -0.25) is 25.4 Å². The standard InChI is InChI=1S/C22H18N6O5S/c1-33-15-5-2-4-14(12-15)17-18(16-6-3-11-34-16)26-28(27-22(31)32)19(17)21(30)25-24-20(29)13-7-9-23-10-8-13/h2-12,27H,1H3,(H,24,29)(H,25,30)(H,31,32). The molecule has 3 aromatic heterocycles. The van der Waals surface area contributed by atoms with Gasteiger partial charge in [-0.15, -0.1) is 16.4 Å². The highest BCUT2D eigenvalue weighted by molar-refractivity contribution is 7.13. The van der Waals surface area contributed by atoms with Crippen LogP contribution in [-0.2, 0) is 0 Å².